The van der Waals surface area contributed by atoms with Gasteiger partial charge in [0, 0.05) is 23.9 Å². The molecule has 0 unspecified atom stereocenters. The molecule has 0 aliphatic carbocycles. The monoisotopic (exact) mass is 457 g/mol. The van der Waals surface area contributed by atoms with Crippen LogP contribution in [0, 0.1) is 10.1 Å². The number of ether oxygens (including phenoxy) is 3. The summed E-state index contributed by atoms with van der Waals surface area (Å²) in [5.41, 5.74) is 1.93. The zero-order valence-electron chi connectivity index (χ0n) is 16.8. The highest BCUT2D eigenvalue weighted by Crippen LogP contribution is 2.41. The van der Waals surface area contributed by atoms with Crippen LogP contribution in [-0.4, -0.2) is 32.2 Å². The zero-order chi connectivity index (χ0) is 22.1. The van der Waals surface area contributed by atoms with Gasteiger partial charge in [-0.1, -0.05) is 17.4 Å². The van der Waals surface area contributed by atoms with E-state index in [1.54, 1.807) is 34.9 Å². The predicted octanol–water partition coefficient (Wildman–Crippen LogP) is 4.42. The summed E-state index contributed by atoms with van der Waals surface area (Å²) >= 11 is 2.76. The number of thioether (sulfide) groups is 1. The molecule has 1 aliphatic rings. The summed E-state index contributed by atoms with van der Waals surface area (Å²) in [6.45, 7) is 0. The van der Waals surface area contributed by atoms with Gasteiger partial charge in [-0.15, -0.1) is 4.57 Å². The number of carbonyl (C=O) groups excluding carboxylic acids is 1. The van der Waals surface area contributed by atoms with Crippen LogP contribution >= 0.6 is 23.1 Å². The molecule has 10 heteroatoms. The molecule has 0 fully saturated rings. The lowest BCUT2D eigenvalue weighted by molar-refractivity contribution is -0.588. The minimum absolute atomic E-state index is 0.0238. The molecule has 0 bridgehead atoms. The van der Waals surface area contributed by atoms with Crippen molar-refractivity contribution < 1.29 is 28.5 Å². The highest BCUT2D eigenvalue weighted by molar-refractivity contribution is 8.05. The molecule has 0 atom stereocenters. The van der Waals surface area contributed by atoms with Crippen molar-refractivity contribution in [3.8, 4) is 28.5 Å². The Morgan fingerprint density at radius 1 is 1.06 bits per heavy atom. The summed E-state index contributed by atoms with van der Waals surface area (Å²) in [6, 6.07) is 9.78. The number of nitro groups is 1. The third kappa shape index (κ3) is 3.75. The molecule has 0 saturated heterocycles. The van der Waals surface area contributed by atoms with Gasteiger partial charge < -0.3 is 14.2 Å². The molecule has 2 heterocycles. The summed E-state index contributed by atoms with van der Waals surface area (Å²) in [6.07, 6.45) is 1.76. The van der Waals surface area contributed by atoms with Crippen molar-refractivity contribution in [2.24, 2.45) is 0 Å². The molecule has 8 nitrogen and oxygen atoms in total. The maximum atomic E-state index is 13.2. The lowest BCUT2D eigenvalue weighted by Crippen LogP contribution is -2.40. The summed E-state index contributed by atoms with van der Waals surface area (Å²) < 4.78 is 18.5. The number of aromatic nitrogens is 1. The third-order valence-corrected chi connectivity index (χ3v) is 6.78. The molecule has 0 amide bonds. The van der Waals surface area contributed by atoms with Crippen LogP contribution in [0.25, 0.3) is 17.3 Å². The normalized spacial score (nSPS) is 13.9. The van der Waals surface area contributed by atoms with Crippen molar-refractivity contribution in [2.75, 3.05) is 21.3 Å². The van der Waals surface area contributed by atoms with E-state index in [0.29, 0.717) is 33.4 Å². The van der Waals surface area contributed by atoms with Crippen molar-refractivity contribution >= 4 is 40.8 Å². The van der Waals surface area contributed by atoms with Crippen LogP contribution in [-0.2, 0) is 0 Å². The largest absolute Gasteiger partial charge is 0.493 e. The minimum atomic E-state index is -0.451. The van der Waals surface area contributed by atoms with Crippen molar-refractivity contribution in [1.29, 1.82) is 0 Å². The average molecular weight is 458 g/mol. The molecular weight excluding hydrogens is 440 g/mol. The molecule has 0 N–H and O–H groups in total. The van der Waals surface area contributed by atoms with E-state index < -0.39 is 4.92 Å². The number of allylic oxidation sites excluding steroid dienone is 1. The van der Waals surface area contributed by atoms with Gasteiger partial charge in [-0.05, 0) is 29.8 Å². The number of rotatable bonds is 6. The Morgan fingerprint density at radius 3 is 2.39 bits per heavy atom. The molecule has 0 saturated carbocycles. The SMILES string of the molecule is COc1cc(/C=C2/Sc3scc(-c4cccc([N+](=O)[O-])c4)[n+]3C2=O)cc(OC)c1OC. The molecule has 2 aromatic carbocycles. The molecule has 1 aliphatic heterocycles. The number of fused-ring (bicyclic) bond motifs is 1. The lowest BCUT2D eigenvalue weighted by atomic mass is 10.1. The molecule has 4 rings (SSSR count). The third-order valence-electron chi connectivity index (χ3n) is 4.64. The van der Waals surface area contributed by atoms with Crippen molar-refractivity contribution in [1.82, 2.24) is 0 Å². The Kier molecular flexibility index (Phi) is 5.66. The van der Waals surface area contributed by atoms with E-state index in [4.69, 9.17) is 14.2 Å². The highest BCUT2D eigenvalue weighted by Gasteiger charge is 2.41. The summed E-state index contributed by atoms with van der Waals surface area (Å²) in [5, 5.41) is 12.9. The smallest absolute Gasteiger partial charge is 0.433 e. The van der Waals surface area contributed by atoms with Gasteiger partial charge in [0.15, 0.2) is 11.5 Å². The van der Waals surface area contributed by atoms with Crippen LogP contribution in [0.15, 0.2) is 51.0 Å². The lowest BCUT2D eigenvalue weighted by Gasteiger charge is -2.12. The first-order valence-electron chi connectivity index (χ1n) is 8.99. The predicted molar refractivity (Wildman–Crippen MR) is 117 cm³/mol. The second-order valence-electron chi connectivity index (χ2n) is 6.40. The van der Waals surface area contributed by atoms with E-state index in [1.807, 2.05) is 5.38 Å². The van der Waals surface area contributed by atoms with E-state index in [0.717, 1.165) is 9.90 Å². The molecule has 3 aromatic rings. The zero-order valence-corrected chi connectivity index (χ0v) is 18.4. The van der Waals surface area contributed by atoms with Crippen LogP contribution in [0.5, 0.6) is 17.2 Å². The van der Waals surface area contributed by atoms with Gasteiger partial charge in [-0.2, -0.15) is 0 Å². The number of carbonyl (C=O) groups is 1. The van der Waals surface area contributed by atoms with Gasteiger partial charge in [0.1, 0.15) is 4.91 Å². The number of non-ortho nitro benzene ring substituents is 1. The maximum Gasteiger partial charge on any atom is 0.433 e. The fraction of sp³-hybridized carbons (Fsp3) is 0.143. The maximum absolute atomic E-state index is 13.2. The molecule has 31 heavy (non-hydrogen) atoms. The average Bonchev–Trinajstić information content (AvgIpc) is 3.33. The number of benzene rings is 2. The first-order valence-corrected chi connectivity index (χ1v) is 10.7. The minimum Gasteiger partial charge on any atom is -0.493 e. The number of thiazole rings is 1. The summed E-state index contributed by atoms with van der Waals surface area (Å²) in [4.78, 5) is 24.4. The summed E-state index contributed by atoms with van der Waals surface area (Å²) in [5.74, 6) is 1.25. The van der Waals surface area contributed by atoms with Crippen LogP contribution < -0.4 is 18.8 Å². The Morgan fingerprint density at radius 2 is 1.77 bits per heavy atom. The fourth-order valence-corrected chi connectivity index (χ4v) is 5.40. The quantitative estimate of drug-likeness (QED) is 0.234. The van der Waals surface area contributed by atoms with E-state index in [1.165, 1.54) is 56.6 Å². The van der Waals surface area contributed by atoms with Gasteiger partial charge in [0.2, 0.25) is 11.4 Å². The summed E-state index contributed by atoms with van der Waals surface area (Å²) in [7, 11) is 4.59. The van der Waals surface area contributed by atoms with Crippen molar-refractivity contribution in [3.63, 3.8) is 0 Å². The fourth-order valence-electron chi connectivity index (χ4n) is 3.22. The van der Waals surface area contributed by atoms with Crippen LogP contribution in [0.4, 0.5) is 5.69 Å². The van der Waals surface area contributed by atoms with Crippen molar-refractivity contribution in [3.05, 3.63) is 62.4 Å². The molecule has 0 radical (unpaired) electrons. The first kappa shape index (κ1) is 20.9. The van der Waals surface area contributed by atoms with Gasteiger partial charge in [-0.3, -0.25) is 10.1 Å². The van der Waals surface area contributed by atoms with Crippen LogP contribution in [0.2, 0.25) is 0 Å². The van der Waals surface area contributed by atoms with E-state index in [9.17, 15) is 14.9 Å². The number of methoxy groups -OCH3 is 3. The molecule has 1 aromatic heterocycles. The molecule has 158 valence electrons. The number of nitrogens with zero attached hydrogens (tertiary/aromatic N) is 2. The Bertz CT molecular complexity index is 1210. The van der Waals surface area contributed by atoms with Gasteiger partial charge in [0.05, 0.1) is 37.2 Å². The Labute approximate surface area is 185 Å². The molecule has 0 spiro atoms. The molecular formula is C21H17N2O6S2+. The first-order chi connectivity index (χ1) is 15.0. The standard InChI is InChI=1S/C21H17N2O6S2/c1-27-16-7-12(8-17(28-2)19(16)29-3)9-18-20(24)22-15(11-30-21(22)31-18)13-5-4-6-14(10-13)23(25)26/h4-11H,1-3H3/q+1/b18-9+. The van der Waals surface area contributed by atoms with Crippen LogP contribution in [0.3, 0.4) is 0 Å². The number of hydrogen-bond acceptors (Lipinski definition) is 8. The topological polar surface area (TPSA) is 91.8 Å². The van der Waals surface area contributed by atoms with Gasteiger partial charge in [-0.25, -0.2) is 4.79 Å². The van der Waals surface area contributed by atoms with Gasteiger partial charge >= 0.3 is 10.2 Å². The highest BCUT2D eigenvalue weighted by atomic mass is 32.2. The van der Waals surface area contributed by atoms with E-state index in [2.05, 4.69) is 0 Å². The van der Waals surface area contributed by atoms with E-state index in [-0.39, 0.29) is 11.6 Å². The van der Waals surface area contributed by atoms with Gasteiger partial charge in [0.25, 0.3) is 5.69 Å². The van der Waals surface area contributed by atoms with Crippen molar-refractivity contribution in [2.45, 2.75) is 4.34 Å². The van der Waals surface area contributed by atoms with E-state index >= 15 is 0 Å². The second kappa shape index (κ2) is 8.40. The van der Waals surface area contributed by atoms with Crippen LogP contribution in [0.1, 0.15) is 10.4 Å². The number of nitro benzene ring substituents is 1. The Hall–Kier alpha value is -3.37. The Balaban J connectivity index is 1.72. The number of hydrogen-bond donors (Lipinski definition) is 0. The second-order valence-corrected chi connectivity index (χ2v) is 8.55.